The molecule has 1 aromatic rings. The highest BCUT2D eigenvalue weighted by Crippen LogP contribution is 2.20. The van der Waals surface area contributed by atoms with Crippen LogP contribution in [0.25, 0.3) is 0 Å². The van der Waals surface area contributed by atoms with Crippen LogP contribution in [0.1, 0.15) is 38.8 Å². The lowest BCUT2D eigenvalue weighted by atomic mass is 10.2. The molecule has 0 amide bonds. The van der Waals surface area contributed by atoms with Crippen LogP contribution in [0.3, 0.4) is 0 Å². The molecule has 2 nitrogen and oxygen atoms in total. The summed E-state index contributed by atoms with van der Waals surface area (Å²) in [7, 11) is 0. The number of nitrogens with two attached hydrogens (primary N) is 1. The Morgan fingerprint density at radius 3 is 2.60 bits per heavy atom. The van der Waals surface area contributed by atoms with Crippen molar-refractivity contribution in [2.24, 2.45) is 11.7 Å². The van der Waals surface area contributed by atoms with Crippen LogP contribution in [0.5, 0.6) is 0 Å². The van der Waals surface area contributed by atoms with E-state index in [4.69, 9.17) is 5.73 Å². The van der Waals surface area contributed by atoms with Gasteiger partial charge in [0.2, 0.25) is 0 Å². The molecule has 1 aromatic heterocycles. The van der Waals surface area contributed by atoms with E-state index in [0.29, 0.717) is 0 Å². The minimum Gasteiger partial charge on any atom is -0.324 e. The average Bonchev–Trinajstić information content (AvgIpc) is 2.26. The topological polar surface area (TPSA) is 38.9 Å². The number of hydrogen-bond acceptors (Lipinski definition) is 3. The highest BCUT2D eigenvalue weighted by molar-refractivity contribution is 7.99. The van der Waals surface area contributed by atoms with E-state index in [0.717, 1.165) is 22.3 Å². The second-order valence-electron chi connectivity index (χ2n) is 4.04. The van der Waals surface area contributed by atoms with Crippen LogP contribution < -0.4 is 5.73 Å². The molecule has 0 aliphatic rings. The number of rotatable bonds is 5. The molecule has 0 saturated carbocycles. The Bertz CT molecular complexity index is 282. The minimum atomic E-state index is 0.0751. The Kier molecular flexibility index (Phi) is 5.12. The quantitative estimate of drug-likeness (QED) is 0.780. The van der Waals surface area contributed by atoms with Gasteiger partial charge in [0.1, 0.15) is 0 Å². The number of hydrogen-bond donors (Lipinski definition) is 1. The van der Waals surface area contributed by atoms with Crippen LogP contribution in [0.2, 0.25) is 0 Å². The van der Waals surface area contributed by atoms with E-state index in [1.165, 1.54) is 6.42 Å². The zero-order chi connectivity index (χ0) is 11.3. The molecular formula is C12H20N2S. The van der Waals surface area contributed by atoms with Gasteiger partial charge in [-0.1, -0.05) is 26.3 Å². The van der Waals surface area contributed by atoms with E-state index in [-0.39, 0.29) is 6.04 Å². The molecule has 0 aliphatic heterocycles. The average molecular weight is 224 g/mol. The Balaban J connectivity index is 2.50. The summed E-state index contributed by atoms with van der Waals surface area (Å²) in [6, 6.07) is 4.20. The van der Waals surface area contributed by atoms with E-state index >= 15 is 0 Å². The number of nitrogens with zero attached hydrogens (tertiary/aromatic N) is 1. The van der Waals surface area contributed by atoms with Gasteiger partial charge in [-0.15, -0.1) is 11.8 Å². The fourth-order valence-electron chi connectivity index (χ4n) is 1.09. The van der Waals surface area contributed by atoms with Gasteiger partial charge in [0.25, 0.3) is 0 Å². The summed E-state index contributed by atoms with van der Waals surface area (Å²) < 4.78 is 0. The second-order valence-corrected chi connectivity index (χ2v) is 5.08. The highest BCUT2D eigenvalue weighted by atomic mass is 32.2. The Hall–Kier alpha value is -0.540. The molecule has 15 heavy (non-hydrogen) atoms. The third-order valence-electron chi connectivity index (χ3n) is 2.50. The lowest BCUT2D eigenvalue weighted by molar-refractivity contribution is 0.636. The standard InChI is InChI=1S/C12H20N2S/c1-4-9(2)8-15-12-6-5-11(7-14-12)10(3)13/h5-7,9-10H,4,8,13H2,1-3H3. The van der Waals surface area contributed by atoms with Gasteiger partial charge in [-0.05, 0) is 24.5 Å². The van der Waals surface area contributed by atoms with E-state index < -0.39 is 0 Å². The second kappa shape index (κ2) is 6.13. The largest absolute Gasteiger partial charge is 0.324 e. The van der Waals surface area contributed by atoms with Gasteiger partial charge in [-0.2, -0.15) is 0 Å². The lowest BCUT2D eigenvalue weighted by Gasteiger charge is -2.08. The molecule has 2 N–H and O–H groups in total. The van der Waals surface area contributed by atoms with Crippen molar-refractivity contribution in [1.82, 2.24) is 4.98 Å². The molecule has 0 spiro atoms. The first-order valence-corrected chi connectivity index (χ1v) is 6.46. The predicted octanol–water partition coefficient (Wildman–Crippen LogP) is 3.24. The Morgan fingerprint density at radius 1 is 1.40 bits per heavy atom. The van der Waals surface area contributed by atoms with Crippen molar-refractivity contribution in [2.75, 3.05) is 5.75 Å². The molecule has 0 saturated heterocycles. The maximum atomic E-state index is 5.76. The summed E-state index contributed by atoms with van der Waals surface area (Å²) in [6.07, 6.45) is 3.11. The highest BCUT2D eigenvalue weighted by Gasteiger charge is 2.03. The van der Waals surface area contributed by atoms with E-state index in [1.54, 1.807) is 0 Å². The smallest absolute Gasteiger partial charge is 0.0960 e. The Labute approximate surface area is 96.7 Å². The third kappa shape index (κ3) is 4.22. The molecule has 3 heteroatoms. The summed E-state index contributed by atoms with van der Waals surface area (Å²) >= 11 is 1.82. The van der Waals surface area contributed by atoms with E-state index in [9.17, 15) is 0 Å². The first-order chi connectivity index (χ1) is 7.13. The zero-order valence-corrected chi connectivity index (χ0v) is 10.6. The van der Waals surface area contributed by atoms with Gasteiger partial charge in [0.15, 0.2) is 0 Å². The predicted molar refractivity (Wildman–Crippen MR) is 67.0 cm³/mol. The van der Waals surface area contributed by atoms with Crippen LogP contribution in [0.4, 0.5) is 0 Å². The first-order valence-electron chi connectivity index (χ1n) is 5.47. The van der Waals surface area contributed by atoms with Crippen LogP contribution in [0.15, 0.2) is 23.4 Å². The zero-order valence-electron chi connectivity index (χ0n) is 9.73. The minimum absolute atomic E-state index is 0.0751. The summed E-state index contributed by atoms with van der Waals surface area (Å²) in [4.78, 5) is 4.39. The summed E-state index contributed by atoms with van der Waals surface area (Å²) in [5, 5.41) is 1.10. The molecular weight excluding hydrogens is 204 g/mol. The molecule has 1 heterocycles. The van der Waals surface area contributed by atoms with Crippen LogP contribution >= 0.6 is 11.8 Å². The van der Waals surface area contributed by atoms with E-state index in [1.807, 2.05) is 24.9 Å². The van der Waals surface area contributed by atoms with Gasteiger partial charge < -0.3 is 5.73 Å². The molecule has 0 aromatic carbocycles. The van der Waals surface area contributed by atoms with Crippen molar-refractivity contribution in [3.63, 3.8) is 0 Å². The van der Waals surface area contributed by atoms with Gasteiger partial charge >= 0.3 is 0 Å². The molecule has 0 bridgehead atoms. The molecule has 1 rings (SSSR count). The molecule has 0 aliphatic carbocycles. The number of aromatic nitrogens is 1. The van der Waals surface area contributed by atoms with Gasteiger partial charge in [0.05, 0.1) is 5.03 Å². The number of thioether (sulfide) groups is 1. The normalized spacial score (nSPS) is 14.9. The summed E-state index contributed by atoms with van der Waals surface area (Å²) in [5.41, 5.74) is 6.86. The summed E-state index contributed by atoms with van der Waals surface area (Å²) in [6.45, 7) is 6.46. The van der Waals surface area contributed by atoms with E-state index in [2.05, 4.69) is 31.0 Å². The fraction of sp³-hybridized carbons (Fsp3) is 0.583. The van der Waals surface area contributed by atoms with Crippen molar-refractivity contribution >= 4 is 11.8 Å². The number of pyridine rings is 1. The SMILES string of the molecule is CCC(C)CSc1ccc(C(C)N)cn1. The fourth-order valence-corrected chi connectivity index (χ4v) is 2.07. The molecule has 2 atom stereocenters. The Morgan fingerprint density at radius 2 is 2.13 bits per heavy atom. The summed E-state index contributed by atoms with van der Waals surface area (Å²) in [5.74, 6) is 1.89. The van der Waals surface area contributed by atoms with Crippen molar-refractivity contribution in [3.05, 3.63) is 23.9 Å². The van der Waals surface area contributed by atoms with Crippen LogP contribution in [0, 0.1) is 5.92 Å². The van der Waals surface area contributed by atoms with Gasteiger partial charge in [0, 0.05) is 18.0 Å². The van der Waals surface area contributed by atoms with Crippen LogP contribution in [-0.4, -0.2) is 10.7 Å². The molecule has 0 radical (unpaired) electrons. The third-order valence-corrected chi connectivity index (χ3v) is 3.77. The van der Waals surface area contributed by atoms with Crippen molar-refractivity contribution in [2.45, 2.75) is 38.3 Å². The monoisotopic (exact) mass is 224 g/mol. The van der Waals surface area contributed by atoms with Gasteiger partial charge in [-0.3, -0.25) is 0 Å². The maximum Gasteiger partial charge on any atom is 0.0960 e. The maximum absolute atomic E-state index is 5.76. The van der Waals surface area contributed by atoms with Crippen molar-refractivity contribution in [3.8, 4) is 0 Å². The first kappa shape index (κ1) is 12.5. The van der Waals surface area contributed by atoms with Gasteiger partial charge in [-0.25, -0.2) is 4.98 Å². The molecule has 84 valence electrons. The van der Waals surface area contributed by atoms with Crippen molar-refractivity contribution in [1.29, 1.82) is 0 Å². The lowest BCUT2D eigenvalue weighted by Crippen LogP contribution is -2.05. The van der Waals surface area contributed by atoms with Crippen LogP contribution in [-0.2, 0) is 0 Å². The molecule has 2 unspecified atom stereocenters. The van der Waals surface area contributed by atoms with Crippen molar-refractivity contribution < 1.29 is 0 Å². The molecule has 0 fully saturated rings.